The standard InChI is InChI=1S/C17H10F3N5O2S/c18-9-5-12(19)11(13(20)6-9)8-28-17-23-25-14(3-4-22-25)16(27)24(17)10-1-2-15(26)21-7-10/h1-7H,8H2,(H,21,26). The first-order chi connectivity index (χ1) is 13.4. The molecule has 0 atom stereocenters. The lowest BCUT2D eigenvalue weighted by Gasteiger charge is -2.12. The summed E-state index contributed by atoms with van der Waals surface area (Å²) in [5.41, 5.74) is -0.714. The Labute approximate surface area is 158 Å². The highest BCUT2D eigenvalue weighted by Crippen LogP contribution is 2.26. The molecule has 0 spiro atoms. The average Bonchev–Trinajstić information content (AvgIpc) is 3.11. The fraction of sp³-hybridized carbons (Fsp3) is 0.0588. The van der Waals surface area contributed by atoms with Gasteiger partial charge in [-0.25, -0.2) is 13.2 Å². The highest BCUT2D eigenvalue weighted by atomic mass is 32.2. The van der Waals surface area contributed by atoms with E-state index in [9.17, 15) is 22.8 Å². The Morgan fingerprint density at radius 2 is 1.82 bits per heavy atom. The van der Waals surface area contributed by atoms with E-state index < -0.39 is 23.0 Å². The molecule has 0 saturated heterocycles. The van der Waals surface area contributed by atoms with Gasteiger partial charge in [0.1, 0.15) is 17.5 Å². The first-order valence-electron chi connectivity index (χ1n) is 7.86. The maximum atomic E-state index is 13.9. The maximum Gasteiger partial charge on any atom is 0.285 e. The molecule has 11 heteroatoms. The Balaban J connectivity index is 1.82. The van der Waals surface area contributed by atoms with Gasteiger partial charge in [-0.1, -0.05) is 11.8 Å². The monoisotopic (exact) mass is 405 g/mol. The van der Waals surface area contributed by atoms with Gasteiger partial charge in [-0.15, -0.1) is 9.73 Å². The van der Waals surface area contributed by atoms with Crippen molar-refractivity contribution in [3.05, 3.63) is 86.4 Å². The summed E-state index contributed by atoms with van der Waals surface area (Å²) in [4.78, 5) is 26.6. The second kappa shape index (κ2) is 7.00. The number of nitrogens with zero attached hydrogens (tertiary/aromatic N) is 4. The lowest BCUT2D eigenvalue weighted by Crippen LogP contribution is -2.25. The molecule has 0 unspecified atom stereocenters. The molecule has 0 aliphatic heterocycles. The zero-order valence-electron chi connectivity index (χ0n) is 13.9. The van der Waals surface area contributed by atoms with Crippen molar-refractivity contribution in [2.45, 2.75) is 10.9 Å². The largest absolute Gasteiger partial charge is 0.327 e. The van der Waals surface area contributed by atoms with Crippen molar-refractivity contribution >= 4 is 17.3 Å². The van der Waals surface area contributed by atoms with E-state index in [0.717, 1.165) is 16.4 Å². The minimum atomic E-state index is -1.04. The van der Waals surface area contributed by atoms with Crippen LogP contribution in [0.2, 0.25) is 0 Å². The van der Waals surface area contributed by atoms with Crippen molar-refractivity contribution in [1.82, 2.24) is 24.4 Å². The molecule has 0 saturated carbocycles. The predicted octanol–water partition coefficient (Wildman–Crippen LogP) is 2.28. The van der Waals surface area contributed by atoms with Crippen LogP contribution in [0.1, 0.15) is 5.56 Å². The molecule has 4 aromatic rings. The van der Waals surface area contributed by atoms with Gasteiger partial charge in [-0.3, -0.25) is 14.2 Å². The molecule has 4 rings (SSSR count). The summed E-state index contributed by atoms with van der Waals surface area (Å²) in [7, 11) is 0. The van der Waals surface area contributed by atoms with Gasteiger partial charge in [0.25, 0.3) is 5.56 Å². The van der Waals surface area contributed by atoms with E-state index in [4.69, 9.17) is 0 Å². The van der Waals surface area contributed by atoms with Crippen LogP contribution in [0.4, 0.5) is 13.2 Å². The van der Waals surface area contributed by atoms with E-state index in [1.54, 1.807) is 0 Å². The molecule has 3 heterocycles. The molecule has 0 bridgehead atoms. The van der Waals surface area contributed by atoms with Gasteiger partial charge in [0.2, 0.25) is 5.56 Å². The first kappa shape index (κ1) is 18.0. The van der Waals surface area contributed by atoms with Crippen LogP contribution in [-0.2, 0) is 5.75 Å². The van der Waals surface area contributed by atoms with Crippen LogP contribution in [0, 0.1) is 17.5 Å². The van der Waals surface area contributed by atoms with Crippen LogP contribution in [0.25, 0.3) is 11.2 Å². The Morgan fingerprint density at radius 1 is 1.07 bits per heavy atom. The van der Waals surface area contributed by atoms with Gasteiger partial charge in [0, 0.05) is 35.7 Å². The van der Waals surface area contributed by atoms with Gasteiger partial charge in [-0.2, -0.15) is 5.10 Å². The van der Waals surface area contributed by atoms with Crippen LogP contribution >= 0.6 is 11.8 Å². The van der Waals surface area contributed by atoms with Crippen molar-refractivity contribution in [2.24, 2.45) is 0 Å². The van der Waals surface area contributed by atoms with E-state index in [1.165, 1.54) is 35.2 Å². The van der Waals surface area contributed by atoms with Gasteiger partial charge in [-0.05, 0) is 12.1 Å². The summed E-state index contributed by atoms with van der Waals surface area (Å²) in [6.45, 7) is 0. The summed E-state index contributed by atoms with van der Waals surface area (Å²) in [6.07, 6.45) is 2.70. The Morgan fingerprint density at radius 3 is 2.50 bits per heavy atom. The molecule has 0 amide bonds. The van der Waals surface area contributed by atoms with Crippen LogP contribution in [-0.4, -0.2) is 24.4 Å². The fourth-order valence-electron chi connectivity index (χ4n) is 2.57. The van der Waals surface area contributed by atoms with Crippen LogP contribution in [0.15, 0.2) is 57.5 Å². The van der Waals surface area contributed by atoms with Crippen molar-refractivity contribution < 1.29 is 13.2 Å². The Bertz CT molecular complexity index is 1270. The highest BCUT2D eigenvalue weighted by molar-refractivity contribution is 7.98. The summed E-state index contributed by atoms with van der Waals surface area (Å²) in [5.74, 6) is -3.35. The number of halogens is 3. The molecule has 1 aromatic carbocycles. The molecule has 0 aliphatic rings. The maximum absolute atomic E-state index is 13.9. The number of pyridine rings is 1. The lowest BCUT2D eigenvalue weighted by atomic mass is 10.2. The zero-order valence-corrected chi connectivity index (χ0v) is 14.7. The molecule has 0 radical (unpaired) electrons. The van der Waals surface area contributed by atoms with E-state index in [0.29, 0.717) is 17.8 Å². The van der Waals surface area contributed by atoms with Crippen LogP contribution in [0.3, 0.4) is 0 Å². The number of hydrogen-bond acceptors (Lipinski definition) is 5. The minimum Gasteiger partial charge on any atom is -0.327 e. The molecular formula is C17H10F3N5O2S. The summed E-state index contributed by atoms with van der Waals surface area (Å²) >= 11 is 0.862. The van der Waals surface area contributed by atoms with E-state index in [2.05, 4.69) is 15.2 Å². The molecule has 28 heavy (non-hydrogen) atoms. The number of aromatic nitrogens is 5. The highest BCUT2D eigenvalue weighted by Gasteiger charge is 2.17. The molecule has 3 aromatic heterocycles. The van der Waals surface area contributed by atoms with E-state index in [-0.39, 0.29) is 27.5 Å². The average molecular weight is 405 g/mol. The van der Waals surface area contributed by atoms with Gasteiger partial charge in [0.05, 0.1) is 11.9 Å². The third-order valence-corrected chi connectivity index (χ3v) is 4.85. The van der Waals surface area contributed by atoms with Gasteiger partial charge in [0.15, 0.2) is 10.7 Å². The third kappa shape index (κ3) is 3.20. The fourth-order valence-corrected chi connectivity index (χ4v) is 3.57. The van der Waals surface area contributed by atoms with Crippen LogP contribution in [0.5, 0.6) is 0 Å². The predicted molar refractivity (Wildman–Crippen MR) is 95.1 cm³/mol. The minimum absolute atomic E-state index is 0.0800. The van der Waals surface area contributed by atoms with Gasteiger partial charge < -0.3 is 4.98 Å². The zero-order chi connectivity index (χ0) is 19.8. The molecule has 0 fully saturated rings. The SMILES string of the molecule is O=c1ccc(-n2c(SCc3c(F)cc(F)cc3F)nn3nccc3c2=O)c[nH]1. The smallest absolute Gasteiger partial charge is 0.285 e. The lowest BCUT2D eigenvalue weighted by molar-refractivity contribution is 0.531. The van der Waals surface area contributed by atoms with Gasteiger partial charge >= 0.3 is 0 Å². The Kier molecular flexibility index (Phi) is 4.51. The quantitative estimate of drug-likeness (QED) is 0.527. The number of benzene rings is 1. The Hall–Kier alpha value is -3.34. The number of H-pyrrole nitrogens is 1. The van der Waals surface area contributed by atoms with Crippen molar-refractivity contribution in [1.29, 1.82) is 0 Å². The van der Waals surface area contributed by atoms with E-state index >= 15 is 0 Å². The van der Waals surface area contributed by atoms with Crippen molar-refractivity contribution in [3.63, 3.8) is 0 Å². The second-order valence-electron chi connectivity index (χ2n) is 5.68. The van der Waals surface area contributed by atoms with Crippen molar-refractivity contribution in [2.75, 3.05) is 0 Å². The number of aromatic amines is 1. The molecule has 142 valence electrons. The topological polar surface area (TPSA) is 85.0 Å². The second-order valence-corrected chi connectivity index (χ2v) is 6.62. The summed E-state index contributed by atoms with van der Waals surface area (Å²) in [5, 5.41) is 8.20. The number of nitrogens with one attached hydrogen (secondary N) is 1. The molecule has 0 aliphatic carbocycles. The number of hydrogen-bond donors (Lipinski definition) is 1. The first-order valence-corrected chi connectivity index (χ1v) is 8.85. The number of thioether (sulfide) groups is 1. The number of fused-ring (bicyclic) bond motifs is 1. The summed E-state index contributed by atoms with van der Waals surface area (Å²) < 4.78 is 43.2. The number of rotatable bonds is 4. The van der Waals surface area contributed by atoms with Crippen LogP contribution < -0.4 is 11.1 Å². The normalized spacial score (nSPS) is 11.2. The molecular weight excluding hydrogens is 395 g/mol. The third-order valence-electron chi connectivity index (χ3n) is 3.90. The van der Waals surface area contributed by atoms with Crippen molar-refractivity contribution in [3.8, 4) is 5.69 Å². The molecule has 7 nitrogen and oxygen atoms in total. The summed E-state index contributed by atoms with van der Waals surface area (Å²) in [6, 6.07) is 5.27. The molecule has 1 N–H and O–H groups in total. The van der Waals surface area contributed by atoms with E-state index in [1.807, 2.05) is 0 Å².